The normalized spacial score (nSPS) is 31.0. The summed E-state index contributed by atoms with van der Waals surface area (Å²) in [5.41, 5.74) is 0. The number of hydrogen-bond acceptors (Lipinski definition) is 5. The van der Waals surface area contributed by atoms with Crippen molar-refractivity contribution in [3.63, 3.8) is 0 Å². The van der Waals surface area contributed by atoms with Gasteiger partial charge in [0.25, 0.3) is 0 Å². The maximum absolute atomic E-state index is 6.06. The van der Waals surface area contributed by atoms with Crippen LogP contribution in [-0.4, -0.2) is 71.2 Å². The van der Waals surface area contributed by atoms with Crippen LogP contribution >= 0.6 is 0 Å². The molecule has 0 aliphatic carbocycles. The Morgan fingerprint density at radius 1 is 1.24 bits per heavy atom. The van der Waals surface area contributed by atoms with Crippen LogP contribution < -0.4 is 5.32 Å². The Bertz CT molecular complexity index is 280. The average molecular weight is 299 g/mol. The first-order valence-electron chi connectivity index (χ1n) is 7.92. The predicted octanol–water partition coefficient (Wildman–Crippen LogP) is 1.09. The van der Waals surface area contributed by atoms with Crippen LogP contribution in [0, 0.1) is 0 Å². The van der Waals surface area contributed by atoms with Crippen LogP contribution in [-0.2, 0) is 18.9 Å². The lowest BCUT2D eigenvalue weighted by Gasteiger charge is -2.26. The van der Waals surface area contributed by atoms with E-state index in [0.29, 0.717) is 25.9 Å². The zero-order valence-corrected chi connectivity index (χ0v) is 14.0. The highest BCUT2D eigenvalue weighted by molar-refractivity contribution is 6.11. The zero-order valence-electron chi connectivity index (χ0n) is 14.0. The smallest absolute Gasteiger partial charge is 0.114 e. The molecule has 5 unspecified atom stereocenters. The molecule has 0 aromatic carbocycles. The van der Waals surface area contributed by atoms with Crippen molar-refractivity contribution in [1.29, 1.82) is 0 Å². The summed E-state index contributed by atoms with van der Waals surface area (Å²) in [5.74, 6) is 0. The second-order valence-corrected chi connectivity index (χ2v) is 5.76. The van der Waals surface area contributed by atoms with Crippen molar-refractivity contribution < 1.29 is 18.9 Å². The van der Waals surface area contributed by atoms with Crippen molar-refractivity contribution in [2.45, 2.75) is 70.6 Å². The summed E-state index contributed by atoms with van der Waals surface area (Å²) in [4.78, 5) is 0. The van der Waals surface area contributed by atoms with Crippen molar-refractivity contribution in [1.82, 2.24) is 5.32 Å². The van der Waals surface area contributed by atoms with Crippen molar-refractivity contribution in [2.75, 3.05) is 26.9 Å². The molecule has 21 heavy (non-hydrogen) atoms. The van der Waals surface area contributed by atoms with Crippen molar-refractivity contribution in [3.8, 4) is 0 Å². The van der Waals surface area contributed by atoms with Crippen LogP contribution in [0.15, 0.2) is 0 Å². The third-order valence-corrected chi connectivity index (χ3v) is 3.62. The third-order valence-electron chi connectivity index (χ3n) is 3.62. The molecule has 1 heterocycles. The quantitative estimate of drug-likeness (QED) is 0.612. The third kappa shape index (κ3) is 6.24. The van der Waals surface area contributed by atoms with Gasteiger partial charge >= 0.3 is 0 Å². The maximum atomic E-state index is 6.06. The van der Waals surface area contributed by atoms with Gasteiger partial charge in [-0.3, -0.25) is 0 Å². The summed E-state index contributed by atoms with van der Waals surface area (Å²) in [5, 5.41) is 3.19. The van der Waals surface area contributed by atoms with E-state index in [4.69, 9.17) is 26.8 Å². The maximum Gasteiger partial charge on any atom is 0.114 e. The fourth-order valence-corrected chi connectivity index (χ4v) is 2.32. The summed E-state index contributed by atoms with van der Waals surface area (Å²) >= 11 is 0. The highest BCUT2D eigenvalue weighted by Crippen LogP contribution is 2.26. The first kappa shape index (κ1) is 18.9. The molecule has 1 aliphatic rings. The van der Waals surface area contributed by atoms with E-state index in [1.807, 2.05) is 27.8 Å². The van der Waals surface area contributed by atoms with Gasteiger partial charge in [0.05, 0.1) is 12.7 Å². The van der Waals surface area contributed by atoms with E-state index in [1.54, 1.807) is 0 Å². The Kier molecular flexibility index (Phi) is 8.82. The van der Waals surface area contributed by atoms with E-state index >= 15 is 0 Å². The highest BCUT2D eigenvalue weighted by atomic mass is 16.6. The fraction of sp³-hybridized carbons (Fsp3) is 1.00. The lowest BCUT2D eigenvalue weighted by atomic mass is 9.92. The zero-order chi connectivity index (χ0) is 15.8. The molecule has 0 bridgehead atoms. The molecule has 0 spiro atoms. The molecule has 2 radical (unpaired) electrons. The lowest BCUT2D eigenvalue weighted by Crippen LogP contribution is -2.41. The summed E-state index contributed by atoms with van der Waals surface area (Å²) in [7, 11) is 8.00. The first-order valence-corrected chi connectivity index (χ1v) is 7.92. The van der Waals surface area contributed by atoms with Crippen LogP contribution in [0.3, 0.4) is 0 Å². The molecular weight excluding hydrogens is 269 g/mol. The van der Waals surface area contributed by atoms with Crippen LogP contribution in [0.5, 0.6) is 0 Å². The summed E-state index contributed by atoms with van der Waals surface area (Å²) in [6.07, 6.45) is 0.410. The molecule has 0 aromatic heterocycles. The Hall–Kier alpha value is -0.135. The minimum absolute atomic E-state index is 0.0929. The van der Waals surface area contributed by atoms with Gasteiger partial charge in [-0.05, 0) is 41.2 Å². The Morgan fingerprint density at radius 2 is 1.95 bits per heavy atom. The molecule has 5 nitrogen and oxygen atoms in total. The van der Waals surface area contributed by atoms with Gasteiger partial charge in [0.1, 0.15) is 26.2 Å². The number of rotatable bonds is 10. The SMILES string of the molecule is [B]C1OC(COCC)C(OC(C)C)C1OCCC(C)NC. The summed E-state index contributed by atoms with van der Waals surface area (Å²) in [6, 6.07) is -0.0590. The number of hydrogen-bond donors (Lipinski definition) is 1. The number of nitrogens with one attached hydrogen (secondary N) is 1. The van der Waals surface area contributed by atoms with Crippen LogP contribution in [0.4, 0.5) is 0 Å². The minimum atomic E-state index is -0.468. The lowest BCUT2D eigenvalue weighted by molar-refractivity contribution is -0.0985. The highest BCUT2D eigenvalue weighted by Gasteiger charge is 2.44. The molecule has 6 heteroatoms. The van der Waals surface area contributed by atoms with Gasteiger partial charge < -0.3 is 24.3 Å². The standard InChI is InChI=1S/C15H30BNO4/c1-6-18-9-12-13(20-10(2)3)14(15(16)21-12)19-8-7-11(4)17-5/h10-15,17H,6-9H2,1-5H3. The summed E-state index contributed by atoms with van der Waals surface area (Å²) < 4.78 is 23.1. The topological polar surface area (TPSA) is 49.0 Å². The van der Waals surface area contributed by atoms with Crippen LogP contribution in [0.1, 0.15) is 34.1 Å². The van der Waals surface area contributed by atoms with Gasteiger partial charge in [0.15, 0.2) is 0 Å². The van der Waals surface area contributed by atoms with E-state index in [9.17, 15) is 0 Å². The Balaban J connectivity index is 2.56. The van der Waals surface area contributed by atoms with E-state index in [0.717, 1.165) is 6.42 Å². The minimum Gasteiger partial charge on any atom is -0.379 e. The second-order valence-electron chi connectivity index (χ2n) is 5.76. The monoisotopic (exact) mass is 299 g/mol. The van der Waals surface area contributed by atoms with Gasteiger partial charge in [0.2, 0.25) is 0 Å². The molecule has 1 saturated heterocycles. The van der Waals surface area contributed by atoms with E-state index in [2.05, 4.69) is 12.2 Å². The molecule has 0 amide bonds. The molecule has 1 N–H and O–H groups in total. The molecule has 0 saturated carbocycles. The van der Waals surface area contributed by atoms with Gasteiger partial charge in [-0.25, -0.2) is 0 Å². The molecule has 122 valence electrons. The molecule has 1 rings (SSSR count). The fourth-order valence-electron chi connectivity index (χ4n) is 2.32. The molecule has 1 fully saturated rings. The van der Waals surface area contributed by atoms with E-state index in [-0.39, 0.29) is 24.4 Å². The van der Waals surface area contributed by atoms with Gasteiger partial charge in [-0.1, -0.05) is 0 Å². The Labute approximate surface area is 130 Å². The van der Waals surface area contributed by atoms with Crippen molar-refractivity contribution >= 4 is 7.85 Å². The molecule has 5 atom stereocenters. The van der Waals surface area contributed by atoms with Crippen molar-refractivity contribution in [2.24, 2.45) is 0 Å². The van der Waals surface area contributed by atoms with Crippen LogP contribution in [0.25, 0.3) is 0 Å². The average Bonchev–Trinajstić information content (AvgIpc) is 2.72. The second kappa shape index (κ2) is 9.80. The van der Waals surface area contributed by atoms with Gasteiger partial charge in [-0.2, -0.15) is 0 Å². The first-order chi connectivity index (χ1) is 9.99. The van der Waals surface area contributed by atoms with Gasteiger partial charge in [-0.15, -0.1) is 0 Å². The van der Waals surface area contributed by atoms with E-state index in [1.165, 1.54) is 0 Å². The molecular formula is C15H30BNO4. The largest absolute Gasteiger partial charge is 0.379 e. The Morgan fingerprint density at radius 3 is 2.52 bits per heavy atom. The van der Waals surface area contributed by atoms with Gasteiger partial charge in [0, 0.05) is 25.3 Å². The molecule has 1 aliphatic heterocycles. The summed E-state index contributed by atoms with van der Waals surface area (Å²) in [6.45, 7) is 9.84. The molecule has 0 aromatic rings. The van der Waals surface area contributed by atoms with Crippen molar-refractivity contribution in [3.05, 3.63) is 0 Å². The van der Waals surface area contributed by atoms with Crippen LogP contribution in [0.2, 0.25) is 0 Å². The number of ether oxygens (including phenoxy) is 4. The predicted molar refractivity (Wildman–Crippen MR) is 83.8 cm³/mol. The van der Waals surface area contributed by atoms with E-state index < -0.39 is 6.00 Å².